The van der Waals surface area contributed by atoms with E-state index in [1.165, 1.54) is 24.3 Å². The van der Waals surface area contributed by atoms with Crippen molar-refractivity contribution in [2.45, 2.75) is 50.9 Å². The molecule has 2 N–H and O–H groups in total. The Balaban J connectivity index is 1.86. The van der Waals surface area contributed by atoms with Crippen LogP contribution in [0, 0.1) is 0 Å². The minimum atomic E-state index is -4.56. The third kappa shape index (κ3) is 4.77. The van der Waals surface area contributed by atoms with Crippen LogP contribution in [0.2, 0.25) is 0 Å². The van der Waals surface area contributed by atoms with Gasteiger partial charge in [-0.25, -0.2) is 4.79 Å². The first-order chi connectivity index (χ1) is 13.4. The largest absolute Gasteiger partial charge is 0.508 e. The van der Waals surface area contributed by atoms with Crippen molar-refractivity contribution in [3.05, 3.63) is 59.7 Å². The van der Waals surface area contributed by atoms with Crippen molar-refractivity contribution in [2.75, 3.05) is 5.32 Å². The summed E-state index contributed by atoms with van der Waals surface area (Å²) in [5.74, 6) is 0.0619. The number of rotatable bonds is 4. The molecule has 0 aliphatic heterocycles. The van der Waals surface area contributed by atoms with Crippen molar-refractivity contribution < 1.29 is 23.1 Å². The molecule has 150 valence electrons. The molecule has 2 aromatic carbocycles. The molecule has 3 rings (SSSR count). The minimum absolute atomic E-state index is 0.0619. The Morgan fingerprint density at radius 1 is 1.04 bits per heavy atom. The van der Waals surface area contributed by atoms with Crippen LogP contribution in [0.25, 0.3) is 0 Å². The van der Waals surface area contributed by atoms with Crippen molar-refractivity contribution in [1.82, 2.24) is 4.90 Å². The number of phenols is 1. The Labute approximate surface area is 162 Å². The number of hydrogen-bond donors (Lipinski definition) is 2. The van der Waals surface area contributed by atoms with E-state index < -0.39 is 17.8 Å². The number of amides is 2. The zero-order valence-electron chi connectivity index (χ0n) is 15.4. The van der Waals surface area contributed by atoms with E-state index in [0.717, 1.165) is 38.2 Å². The van der Waals surface area contributed by atoms with Gasteiger partial charge in [0.1, 0.15) is 5.75 Å². The molecule has 0 bridgehead atoms. The second-order valence-electron chi connectivity index (χ2n) is 7.02. The van der Waals surface area contributed by atoms with Crippen LogP contribution < -0.4 is 5.32 Å². The Hall–Kier alpha value is -2.70. The Morgan fingerprint density at radius 3 is 2.36 bits per heavy atom. The molecule has 0 saturated heterocycles. The molecule has 0 radical (unpaired) electrons. The molecule has 7 heteroatoms. The number of benzene rings is 2. The molecule has 4 nitrogen and oxygen atoms in total. The van der Waals surface area contributed by atoms with E-state index in [1.54, 1.807) is 23.1 Å². The number of aromatic hydroxyl groups is 1. The smallest absolute Gasteiger partial charge is 0.418 e. The lowest BCUT2D eigenvalue weighted by atomic mass is 9.94. The molecule has 0 atom stereocenters. The van der Waals surface area contributed by atoms with Crippen LogP contribution in [0.4, 0.5) is 23.7 Å². The first-order valence-electron chi connectivity index (χ1n) is 9.37. The van der Waals surface area contributed by atoms with E-state index >= 15 is 0 Å². The van der Waals surface area contributed by atoms with Gasteiger partial charge in [0.2, 0.25) is 0 Å². The van der Waals surface area contributed by atoms with Crippen molar-refractivity contribution in [1.29, 1.82) is 0 Å². The fourth-order valence-electron chi connectivity index (χ4n) is 3.61. The number of carbonyl (C=O) groups is 1. The summed E-state index contributed by atoms with van der Waals surface area (Å²) in [5.41, 5.74) is -0.583. The summed E-state index contributed by atoms with van der Waals surface area (Å²) < 4.78 is 39.8. The second kappa shape index (κ2) is 8.54. The Kier molecular flexibility index (Phi) is 6.11. The number of halogens is 3. The maximum absolute atomic E-state index is 13.3. The quantitative estimate of drug-likeness (QED) is 0.693. The fraction of sp³-hybridized carbons (Fsp3) is 0.381. The summed E-state index contributed by atoms with van der Waals surface area (Å²) in [6, 6.07) is 11.0. The van der Waals surface area contributed by atoms with Gasteiger partial charge in [0.15, 0.2) is 0 Å². The molecule has 28 heavy (non-hydrogen) atoms. The monoisotopic (exact) mass is 392 g/mol. The van der Waals surface area contributed by atoms with E-state index in [0.29, 0.717) is 5.56 Å². The van der Waals surface area contributed by atoms with Crippen LogP contribution >= 0.6 is 0 Å². The molecular formula is C21H23F3N2O2. The van der Waals surface area contributed by atoms with E-state index in [2.05, 4.69) is 5.32 Å². The van der Waals surface area contributed by atoms with Gasteiger partial charge >= 0.3 is 12.2 Å². The predicted octanol–water partition coefficient (Wildman–Crippen LogP) is 5.78. The number of nitrogens with zero attached hydrogens (tertiary/aromatic N) is 1. The highest BCUT2D eigenvalue weighted by molar-refractivity contribution is 5.90. The van der Waals surface area contributed by atoms with Crippen LogP contribution in [0.1, 0.15) is 43.2 Å². The number of anilines is 1. The first-order valence-corrected chi connectivity index (χ1v) is 9.37. The van der Waals surface area contributed by atoms with E-state index in [-0.39, 0.29) is 24.0 Å². The standard InChI is InChI=1S/C21H23F3N2O2/c22-21(23,24)17-11-5-6-12-18(17)25-20(28)26(16-9-2-1-3-10-16)14-15-8-4-7-13-19(15)27/h4-8,11-13,16,27H,1-3,9-10,14H2,(H,25,28). The molecule has 1 aliphatic rings. The second-order valence-corrected chi connectivity index (χ2v) is 7.02. The highest BCUT2D eigenvalue weighted by Crippen LogP contribution is 2.35. The van der Waals surface area contributed by atoms with Crippen LogP contribution in [-0.2, 0) is 12.7 Å². The fourth-order valence-corrected chi connectivity index (χ4v) is 3.61. The number of urea groups is 1. The van der Waals surface area contributed by atoms with Gasteiger partial charge in [0.05, 0.1) is 17.8 Å². The van der Waals surface area contributed by atoms with Gasteiger partial charge < -0.3 is 15.3 Å². The summed E-state index contributed by atoms with van der Waals surface area (Å²) in [6.45, 7) is 0.136. The molecule has 0 heterocycles. The van der Waals surface area contributed by atoms with Crippen molar-refractivity contribution in [3.63, 3.8) is 0 Å². The van der Waals surface area contributed by atoms with Gasteiger partial charge in [-0.1, -0.05) is 49.6 Å². The molecule has 1 aliphatic carbocycles. The highest BCUT2D eigenvalue weighted by atomic mass is 19.4. The molecule has 2 aromatic rings. The van der Waals surface area contributed by atoms with Crippen molar-refractivity contribution >= 4 is 11.7 Å². The summed E-state index contributed by atoms with van der Waals surface area (Å²) >= 11 is 0. The molecule has 0 unspecified atom stereocenters. The maximum atomic E-state index is 13.3. The van der Waals surface area contributed by atoms with Crippen LogP contribution in [0.15, 0.2) is 48.5 Å². The SMILES string of the molecule is O=C(Nc1ccccc1C(F)(F)F)N(Cc1ccccc1O)C1CCCCC1. The average Bonchev–Trinajstić information content (AvgIpc) is 2.67. The van der Waals surface area contributed by atoms with E-state index in [9.17, 15) is 23.1 Å². The van der Waals surface area contributed by atoms with Gasteiger partial charge in [0, 0.05) is 11.6 Å². The molecule has 1 fully saturated rings. The Bertz CT molecular complexity index is 817. The van der Waals surface area contributed by atoms with Gasteiger partial charge in [-0.2, -0.15) is 13.2 Å². The predicted molar refractivity (Wildman–Crippen MR) is 101 cm³/mol. The maximum Gasteiger partial charge on any atom is 0.418 e. The molecular weight excluding hydrogens is 369 g/mol. The minimum Gasteiger partial charge on any atom is -0.508 e. The number of hydrogen-bond acceptors (Lipinski definition) is 2. The zero-order valence-corrected chi connectivity index (χ0v) is 15.4. The molecule has 0 spiro atoms. The zero-order chi connectivity index (χ0) is 20.1. The van der Waals surface area contributed by atoms with E-state index in [4.69, 9.17) is 0 Å². The van der Waals surface area contributed by atoms with Crippen LogP contribution in [0.3, 0.4) is 0 Å². The van der Waals surface area contributed by atoms with Crippen LogP contribution in [-0.4, -0.2) is 22.1 Å². The first kappa shape index (κ1) is 20.0. The van der Waals surface area contributed by atoms with Crippen molar-refractivity contribution in [3.8, 4) is 5.75 Å². The lowest BCUT2D eigenvalue weighted by molar-refractivity contribution is -0.136. The third-order valence-electron chi connectivity index (χ3n) is 5.08. The number of alkyl halides is 3. The number of nitrogens with one attached hydrogen (secondary N) is 1. The Morgan fingerprint density at radius 2 is 1.68 bits per heavy atom. The topological polar surface area (TPSA) is 52.6 Å². The number of carbonyl (C=O) groups excluding carboxylic acids is 1. The molecule has 2 amide bonds. The summed E-state index contributed by atoms with van der Waals surface area (Å²) in [7, 11) is 0. The van der Waals surface area contributed by atoms with Crippen LogP contribution in [0.5, 0.6) is 5.75 Å². The third-order valence-corrected chi connectivity index (χ3v) is 5.08. The van der Waals surface area contributed by atoms with Gasteiger partial charge in [-0.3, -0.25) is 0 Å². The van der Waals surface area contributed by atoms with Gasteiger partial charge in [0.25, 0.3) is 0 Å². The molecule has 0 aromatic heterocycles. The number of para-hydroxylation sites is 2. The lowest BCUT2D eigenvalue weighted by Gasteiger charge is -2.34. The lowest BCUT2D eigenvalue weighted by Crippen LogP contribution is -2.43. The van der Waals surface area contributed by atoms with E-state index in [1.807, 2.05) is 0 Å². The number of phenolic OH excluding ortho intramolecular Hbond substituents is 1. The summed E-state index contributed by atoms with van der Waals surface area (Å²) in [5, 5.41) is 12.5. The highest BCUT2D eigenvalue weighted by Gasteiger charge is 2.34. The normalized spacial score (nSPS) is 15.2. The average molecular weight is 392 g/mol. The van der Waals surface area contributed by atoms with Gasteiger partial charge in [-0.05, 0) is 31.0 Å². The van der Waals surface area contributed by atoms with Crippen molar-refractivity contribution in [2.24, 2.45) is 0 Å². The summed E-state index contributed by atoms with van der Waals surface area (Å²) in [4.78, 5) is 14.5. The van der Waals surface area contributed by atoms with Gasteiger partial charge in [-0.15, -0.1) is 0 Å². The molecule has 1 saturated carbocycles. The summed E-state index contributed by atoms with van der Waals surface area (Å²) in [6.07, 6.45) is 0.0449.